The number of methoxy groups -OCH3 is 1. The third kappa shape index (κ3) is 4.09. The molecule has 6 nitrogen and oxygen atoms in total. The van der Waals surface area contributed by atoms with Gasteiger partial charge in [-0.25, -0.2) is 4.79 Å². The van der Waals surface area contributed by atoms with Gasteiger partial charge >= 0.3 is 6.09 Å². The number of benzene rings is 2. The second kappa shape index (κ2) is 7.98. The predicted octanol–water partition coefficient (Wildman–Crippen LogP) is 1.95. The first-order valence-corrected chi connectivity index (χ1v) is 8.50. The smallest absolute Gasteiger partial charge is 0.409 e. The highest BCUT2D eigenvalue weighted by molar-refractivity contribution is 6.06. The maximum absolute atomic E-state index is 12.5. The lowest BCUT2D eigenvalue weighted by Crippen LogP contribution is -2.50. The number of hydrogen-bond acceptors (Lipinski definition) is 4. The summed E-state index contributed by atoms with van der Waals surface area (Å²) in [6, 6.07) is 13.7. The summed E-state index contributed by atoms with van der Waals surface area (Å²) < 4.78 is 4.73. The van der Waals surface area contributed by atoms with Crippen molar-refractivity contribution in [1.82, 2.24) is 15.1 Å². The minimum absolute atomic E-state index is 0.0509. The fraction of sp³-hybridized carbons (Fsp3) is 0.368. The number of ether oxygens (including phenoxy) is 1. The van der Waals surface area contributed by atoms with E-state index in [4.69, 9.17) is 4.74 Å². The van der Waals surface area contributed by atoms with Crippen molar-refractivity contribution in [2.45, 2.75) is 0 Å². The third-order valence-electron chi connectivity index (χ3n) is 4.55. The molecule has 1 fully saturated rings. The van der Waals surface area contributed by atoms with Crippen molar-refractivity contribution >= 4 is 22.8 Å². The molecule has 6 heteroatoms. The van der Waals surface area contributed by atoms with Crippen LogP contribution in [0.3, 0.4) is 0 Å². The van der Waals surface area contributed by atoms with Gasteiger partial charge in [-0.1, -0.05) is 36.4 Å². The molecule has 0 aliphatic carbocycles. The molecule has 1 aliphatic heterocycles. The zero-order valence-electron chi connectivity index (χ0n) is 14.4. The number of fused-ring (bicyclic) bond motifs is 1. The normalized spacial score (nSPS) is 15.2. The van der Waals surface area contributed by atoms with E-state index in [2.05, 4.69) is 10.2 Å². The largest absolute Gasteiger partial charge is 0.453 e. The molecular formula is C19H23N3O3. The fourth-order valence-corrected chi connectivity index (χ4v) is 3.13. The maximum atomic E-state index is 12.5. The first-order chi connectivity index (χ1) is 12.2. The van der Waals surface area contributed by atoms with E-state index in [9.17, 15) is 9.59 Å². The molecule has 3 rings (SSSR count). The summed E-state index contributed by atoms with van der Waals surface area (Å²) in [4.78, 5) is 27.9. The van der Waals surface area contributed by atoms with Crippen molar-refractivity contribution in [3.05, 3.63) is 48.0 Å². The van der Waals surface area contributed by atoms with Gasteiger partial charge in [0.05, 0.1) is 7.11 Å². The number of rotatable bonds is 4. The Labute approximate surface area is 147 Å². The molecule has 132 valence electrons. The molecule has 0 atom stereocenters. The lowest BCUT2D eigenvalue weighted by Gasteiger charge is -2.33. The summed E-state index contributed by atoms with van der Waals surface area (Å²) in [7, 11) is 1.40. The van der Waals surface area contributed by atoms with Crippen LogP contribution in [0.2, 0.25) is 0 Å². The van der Waals surface area contributed by atoms with Crippen molar-refractivity contribution in [2.75, 3.05) is 46.4 Å². The van der Waals surface area contributed by atoms with Crippen LogP contribution in [0.5, 0.6) is 0 Å². The van der Waals surface area contributed by atoms with E-state index in [1.807, 2.05) is 42.5 Å². The number of amides is 2. The van der Waals surface area contributed by atoms with E-state index in [1.54, 1.807) is 4.90 Å². The predicted molar refractivity (Wildman–Crippen MR) is 96.7 cm³/mol. The summed E-state index contributed by atoms with van der Waals surface area (Å²) in [5.41, 5.74) is 0.702. The standard InChI is InChI=1S/C19H23N3O3/c1-25-19(24)22-13-11-21(12-14-22)10-9-20-18(23)17-8-4-6-15-5-2-3-7-16(15)17/h2-8H,9-14H2,1H3,(H,20,23). The van der Waals surface area contributed by atoms with Gasteiger partial charge in [-0.05, 0) is 16.8 Å². The SMILES string of the molecule is COC(=O)N1CCN(CCNC(=O)c2cccc3ccccc23)CC1. The van der Waals surface area contributed by atoms with E-state index in [-0.39, 0.29) is 12.0 Å². The molecule has 0 radical (unpaired) electrons. The zero-order chi connectivity index (χ0) is 17.6. The van der Waals surface area contributed by atoms with Gasteiger partial charge in [0.1, 0.15) is 0 Å². The van der Waals surface area contributed by atoms with Crippen molar-refractivity contribution in [2.24, 2.45) is 0 Å². The molecule has 0 unspecified atom stereocenters. The molecule has 0 aromatic heterocycles. The van der Waals surface area contributed by atoms with Crippen molar-refractivity contribution < 1.29 is 14.3 Å². The molecule has 2 aromatic carbocycles. The summed E-state index contributed by atoms with van der Waals surface area (Å²) in [5.74, 6) is -0.0509. The van der Waals surface area contributed by atoms with Gasteiger partial charge < -0.3 is 15.0 Å². The Morgan fingerprint density at radius 3 is 2.52 bits per heavy atom. The van der Waals surface area contributed by atoms with Crippen LogP contribution in [-0.2, 0) is 4.74 Å². The topological polar surface area (TPSA) is 61.9 Å². The molecule has 1 aliphatic rings. The van der Waals surface area contributed by atoms with Gasteiger partial charge in [-0.2, -0.15) is 0 Å². The van der Waals surface area contributed by atoms with Gasteiger partial charge in [-0.3, -0.25) is 9.69 Å². The molecule has 0 bridgehead atoms. The van der Waals surface area contributed by atoms with Gasteiger partial charge in [0.2, 0.25) is 0 Å². The van der Waals surface area contributed by atoms with Crippen LogP contribution >= 0.6 is 0 Å². The van der Waals surface area contributed by atoms with Gasteiger partial charge in [0, 0.05) is 44.8 Å². The van der Waals surface area contributed by atoms with Gasteiger partial charge in [0.15, 0.2) is 0 Å². The molecule has 25 heavy (non-hydrogen) atoms. The van der Waals surface area contributed by atoms with Crippen molar-refractivity contribution in [3.8, 4) is 0 Å². The van der Waals surface area contributed by atoms with Crippen molar-refractivity contribution in [3.63, 3.8) is 0 Å². The number of carbonyl (C=O) groups is 2. The monoisotopic (exact) mass is 341 g/mol. The van der Waals surface area contributed by atoms with E-state index < -0.39 is 0 Å². The molecule has 0 saturated carbocycles. The van der Waals surface area contributed by atoms with Crippen LogP contribution in [0, 0.1) is 0 Å². The molecule has 1 heterocycles. The van der Waals surface area contributed by atoms with Crippen LogP contribution in [0.1, 0.15) is 10.4 Å². The summed E-state index contributed by atoms with van der Waals surface area (Å²) >= 11 is 0. The van der Waals surface area contributed by atoms with Gasteiger partial charge in [-0.15, -0.1) is 0 Å². The Bertz CT molecular complexity index is 749. The van der Waals surface area contributed by atoms with Crippen molar-refractivity contribution in [1.29, 1.82) is 0 Å². The Morgan fingerprint density at radius 2 is 1.76 bits per heavy atom. The minimum Gasteiger partial charge on any atom is -0.453 e. The number of hydrogen-bond donors (Lipinski definition) is 1. The summed E-state index contributed by atoms with van der Waals surface area (Å²) in [6.45, 7) is 4.25. The van der Waals surface area contributed by atoms with Crippen LogP contribution in [0.15, 0.2) is 42.5 Å². The molecule has 0 spiro atoms. The molecular weight excluding hydrogens is 318 g/mol. The second-order valence-corrected chi connectivity index (χ2v) is 6.08. The first-order valence-electron chi connectivity index (χ1n) is 8.50. The number of nitrogens with one attached hydrogen (secondary N) is 1. The Balaban J connectivity index is 1.49. The van der Waals surface area contributed by atoms with Crippen LogP contribution in [-0.4, -0.2) is 68.2 Å². The highest BCUT2D eigenvalue weighted by atomic mass is 16.5. The number of nitrogens with zero attached hydrogens (tertiary/aromatic N) is 2. The minimum atomic E-state index is -0.274. The zero-order valence-corrected chi connectivity index (χ0v) is 14.4. The number of piperazine rings is 1. The van der Waals surface area contributed by atoms with Crippen LogP contribution < -0.4 is 5.32 Å². The number of carbonyl (C=O) groups excluding carboxylic acids is 2. The quantitative estimate of drug-likeness (QED) is 0.923. The Hall–Kier alpha value is -2.60. The summed E-state index contributed by atoms with van der Waals surface area (Å²) in [5, 5.41) is 5.03. The highest BCUT2D eigenvalue weighted by Crippen LogP contribution is 2.18. The van der Waals surface area contributed by atoms with E-state index >= 15 is 0 Å². The van der Waals surface area contributed by atoms with Crippen LogP contribution in [0.25, 0.3) is 10.8 Å². The molecule has 2 amide bonds. The highest BCUT2D eigenvalue weighted by Gasteiger charge is 2.21. The summed E-state index contributed by atoms with van der Waals surface area (Å²) in [6.07, 6.45) is -0.274. The van der Waals surface area contributed by atoms with E-state index in [0.717, 1.165) is 30.4 Å². The average Bonchev–Trinajstić information content (AvgIpc) is 2.67. The van der Waals surface area contributed by atoms with Crippen LogP contribution in [0.4, 0.5) is 4.79 Å². The Kier molecular flexibility index (Phi) is 5.50. The second-order valence-electron chi connectivity index (χ2n) is 6.08. The van der Waals surface area contributed by atoms with E-state index in [1.165, 1.54) is 7.11 Å². The van der Waals surface area contributed by atoms with E-state index in [0.29, 0.717) is 25.2 Å². The first kappa shape index (κ1) is 17.2. The van der Waals surface area contributed by atoms with Gasteiger partial charge in [0.25, 0.3) is 5.91 Å². The lowest BCUT2D eigenvalue weighted by atomic mass is 10.0. The molecule has 1 saturated heterocycles. The Morgan fingerprint density at radius 1 is 1.04 bits per heavy atom. The third-order valence-corrected chi connectivity index (χ3v) is 4.55. The lowest BCUT2D eigenvalue weighted by molar-refractivity contribution is 0.0885. The molecule has 2 aromatic rings. The fourth-order valence-electron chi connectivity index (χ4n) is 3.13. The molecule has 1 N–H and O–H groups in total. The average molecular weight is 341 g/mol. The maximum Gasteiger partial charge on any atom is 0.409 e.